The summed E-state index contributed by atoms with van der Waals surface area (Å²) in [5.41, 5.74) is 2.53. The number of carbonyl (C=O) groups excluding carboxylic acids is 2. The molecule has 2 aromatic heterocycles. The molecule has 0 fully saturated rings. The van der Waals surface area contributed by atoms with Gasteiger partial charge in [0.2, 0.25) is 0 Å². The van der Waals surface area contributed by atoms with Gasteiger partial charge in [-0.3, -0.25) is 4.79 Å². The average molecular weight is 461 g/mol. The molecule has 0 bridgehead atoms. The van der Waals surface area contributed by atoms with Gasteiger partial charge in [-0.1, -0.05) is 29.8 Å². The smallest absolute Gasteiger partial charge is 0.359 e. The second-order valence-electron chi connectivity index (χ2n) is 6.94. The SMILES string of the molecule is N#CCc1ccc(NC(=O)COC(=O)c2cc(-c3ccco3)n(-c3cccc(Cl)c3)n2)cc1. The van der Waals surface area contributed by atoms with Gasteiger partial charge in [0, 0.05) is 16.8 Å². The van der Waals surface area contributed by atoms with Crippen molar-refractivity contribution in [3.8, 4) is 23.2 Å². The van der Waals surface area contributed by atoms with Crippen LogP contribution in [0.1, 0.15) is 16.1 Å². The lowest BCUT2D eigenvalue weighted by atomic mass is 10.1. The van der Waals surface area contributed by atoms with Crippen molar-refractivity contribution in [1.29, 1.82) is 5.26 Å². The van der Waals surface area contributed by atoms with Crippen LogP contribution in [0.5, 0.6) is 0 Å². The molecule has 1 N–H and O–H groups in total. The predicted molar refractivity (Wildman–Crippen MR) is 121 cm³/mol. The number of nitrogens with zero attached hydrogens (tertiary/aromatic N) is 3. The number of esters is 1. The Labute approximate surface area is 194 Å². The molecule has 0 radical (unpaired) electrons. The molecule has 2 aromatic carbocycles. The standard InChI is InChI=1S/C24H17ClN4O4/c25-17-3-1-4-19(13-17)29-21(22-5-2-12-32-22)14-20(28-29)24(31)33-15-23(30)27-18-8-6-16(7-9-18)10-11-26/h1-9,12-14H,10,15H2,(H,27,30). The first-order valence-electron chi connectivity index (χ1n) is 9.86. The normalized spacial score (nSPS) is 10.4. The summed E-state index contributed by atoms with van der Waals surface area (Å²) in [6, 6.07) is 20.8. The highest BCUT2D eigenvalue weighted by molar-refractivity contribution is 6.30. The quantitative estimate of drug-likeness (QED) is 0.402. The number of hydrogen-bond donors (Lipinski definition) is 1. The van der Waals surface area contributed by atoms with Gasteiger partial charge in [0.1, 0.15) is 5.69 Å². The maximum absolute atomic E-state index is 12.6. The minimum atomic E-state index is -0.761. The maximum atomic E-state index is 12.6. The number of hydrogen-bond acceptors (Lipinski definition) is 6. The molecule has 9 heteroatoms. The minimum Gasteiger partial charge on any atom is -0.463 e. The first-order chi connectivity index (χ1) is 16.0. The van der Waals surface area contributed by atoms with Crippen molar-refractivity contribution in [3.05, 3.63) is 89.3 Å². The summed E-state index contributed by atoms with van der Waals surface area (Å²) in [7, 11) is 0. The summed E-state index contributed by atoms with van der Waals surface area (Å²) >= 11 is 6.10. The molecule has 0 spiro atoms. The van der Waals surface area contributed by atoms with Gasteiger partial charge in [-0.15, -0.1) is 0 Å². The molecule has 164 valence electrons. The molecule has 8 nitrogen and oxygen atoms in total. The largest absolute Gasteiger partial charge is 0.463 e. The van der Waals surface area contributed by atoms with Crippen LogP contribution >= 0.6 is 11.6 Å². The van der Waals surface area contributed by atoms with Crippen molar-refractivity contribution in [3.63, 3.8) is 0 Å². The Balaban J connectivity index is 1.46. The van der Waals surface area contributed by atoms with E-state index in [2.05, 4.69) is 16.5 Å². The van der Waals surface area contributed by atoms with Crippen molar-refractivity contribution in [1.82, 2.24) is 9.78 Å². The number of rotatable bonds is 7. The van der Waals surface area contributed by atoms with E-state index in [9.17, 15) is 9.59 Å². The molecular weight excluding hydrogens is 444 g/mol. The lowest BCUT2D eigenvalue weighted by Gasteiger charge is -2.06. The number of halogens is 1. The van der Waals surface area contributed by atoms with E-state index in [0.717, 1.165) is 5.56 Å². The van der Waals surface area contributed by atoms with Crippen LogP contribution in [0.4, 0.5) is 5.69 Å². The van der Waals surface area contributed by atoms with Crippen LogP contribution in [0, 0.1) is 11.3 Å². The highest BCUT2D eigenvalue weighted by atomic mass is 35.5. The monoisotopic (exact) mass is 460 g/mol. The Morgan fingerprint density at radius 1 is 1.12 bits per heavy atom. The van der Waals surface area contributed by atoms with Crippen molar-refractivity contribution < 1.29 is 18.7 Å². The Bertz CT molecular complexity index is 1320. The second-order valence-corrected chi connectivity index (χ2v) is 7.38. The van der Waals surface area contributed by atoms with Crippen LogP contribution in [0.25, 0.3) is 17.1 Å². The number of furan rings is 1. The van der Waals surface area contributed by atoms with Gasteiger partial charge >= 0.3 is 5.97 Å². The number of anilines is 1. The average Bonchev–Trinajstić information content (AvgIpc) is 3.49. The molecular formula is C24H17ClN4O4. The van der Waals surface area contributed by atoms with Gasteiger partial charge in [0.05, 0.1) is 24.4 Å². The van der Waals surface area contributed by atoms with Crippen molar-refractivity contribution in [2.24, 2.45) is 0 Å². The Morgan fingerprint density at radius 3 is 2.64 bits per heavy atom. The van der Waals surface area contributed by atoms with Crippen molar-refractivity contribution in [2.75, 3.05) is 11.9 Å². The van der Waals surface area contributed by atoms with Crippen LogP contribution in [0.2, 0.25) is 5.02 Å². The van der Waals surface area contributed by atoms with E-state index in [4.69, 9.17) is 26.0 Å². The summed E-state index contributed by atoms with van der Waals surface area (Å²) in [6.07, 6.45) is 1.80. The third-order valence-corrected chi connectivity index (χ3v) is 4.84. The molecule has 0 aliphatic rings. The molecule has 4 rings (SSSR count). The molecule has 1 amide bonds. The van der Waals surface area contributed by atoms with E-state index in [-0.39, 0.29) is 12.1 Å². The summed E-state index contributed by atoms with van der Waals surface area (Å²) in [4.78, 5) is 24.8. The van der Waals surface area contributed by atoms with E-state index in [1.807, 2.05) is 0 Å². The fourth-order valence-electron chi connectivity index (χ4n) is 3.08. The summed E-state index contributed by atoms with van der Waals surface area (Å²) in [5, 5.41) is 16.2. The van der Waals surface area contributed by atoms with Crippen LogP contribution < -0.4 is 5.32 Å². The molecule has 0 aliphatic heterocycles. The number of ether oxygens (including phenoxy) is 1. The van der Waals surface area contributed by atoms with Gasteiger partial charge < -0.3 is 14.5 Å². The van der Waals surface area contributed by atoms with Gasteiger partial charge in [-0.2, -0.15) is 10.4 Å². The summed E-state index contributed by atoms with van der Waals surface area (Å²) in [5.74, 6) is -0.765. The molecule has 0 saturated heterocycles. The summed E-state index contributed by atoms with van der Waals surface area (Å²) < 4.78 is 12.1. The highest BCUT2D eigenvalue weighted by Gasteiger charge is 2.20. The van der Waals surface area contributed by atoms with Gasteiger partial charge in [-0.25, -0.2) is 9.48 Å². The number of nitrogens with one attached hydrogen (secondary N) is 1. The number of aromatic nitrogens is 2. The molecule has 0 atom stereocenters. The van der Waals surface area contributed by atoms with Gasteiger partial charge in [0.25, 0.3) is 5.91 Å². The third-order valence-electron chi connectivity index (χ3n) is 4.60. The predicted octanol–water partition coefficient (Wildman–Crippen LogP) is 4.65. The fraction of sp³-hybridized carbons (Fsp3) is 0.0833. The lowest BCUT2D eigenvalue weighted by Crippen LogP contribution is -2.21. The van der Waals surface area contributed by atoms with E-state index in [1.54, 1.807) is 60.7 Å². The van der Waals surface area contributed by atoms with Crippen LogP contribution in [0.15, 0.2) is 77.4 Å². The molecule has 33 heavy (non-hydrogen) atoms. The van der Waals surface area contributed by atoms with E-state index >= 15 is 0 Å². The third kappa shape index (κ3) is 5.29. The number of amides is 1. The first kappa shape index (κ1) is 21.9. The Kier molecular flexibility index (Phi) is 6.53. The summed E-state index contributed by atoms with van der Waals surface area (Å²) in [6.45, 7) is -0.487. The zero-order valence-corrected chi connectivity index (χ0v) is 18.0. The zero-order valence-electron chi connectivity index (χ0n) is 17.2. The Hall–Kier alpha value is -4.35. The van der Waals surface area contributed by atoms with Gasteiger partial charge in [-0.05, 0) is 48.0 Å². The molecule has 0 saturated carbocycles. The van der Waals surface area contributed by atoms with Crippen molar-refractivity contribution >= 4 is 29.2 Å². The highest BCUT2D eigenvalue weighted by Crippen LogP contribution is 2.26. The zero-order chi connectivity index (χ0) is 23.2. The Morgan fingerprint density at radius 2 is 1.94 bits per heavy atom. The fourth-order valence-corrected chi connectivity index (χ4v) is 3.27. The van der Waals surface area contributed by atoms with Crippen LogP contribution in [-0.2, 0) is 16.0 Å². The van der Waals surface area contributed by atoms with Crippen LogP contribution in [-0.4, -0.2) is 28.3 Å². The number of nitriles is 1. The first-order valence-corrected chi connectivity index (χ1v) is 10.2. The van der Waals surface area contributed by atoms with Crippen molar-refractivity contribution in [2.45, 2.75) is 6.42 Å². The van der Waals surface area contributed by atoms with E-state index in [0.29, 0.717) is 27.9 Å². The van der Waals surface area contributed by atoms with E-state index < -0.39 is 18.5 Å². The maximum Gasteiger partial charge on any atom is 0.359 e. The lowest BCUT2D eigenvalue weighted by molar-refractivity contribution is -0.119. The minimum absolute atomic E-state index is 0.00929. The molecule has 2 heterocycles. The molecule has 0 unspecified atom stereocenters. The number of benzene rings is 2. The second kappa shape index (κ2) is 9.85. The van der Waals surface area contributed by atoms with E-state index in [1.165, 1.54) is 17.0 Å². The van der Waals surface area contributed by atoms with Gasteiger partial charge in [0.15, 0.2) is 18.1 Å². The number of carbonyl (C=O) groups is 2. The molecule has 0 aliphatic carbocycles. The molecule has 4 aromatic rings. The topological polar surface area (TPSA) is 110 Å². The van der Waals surface area contributed by atoms with Crippen LogP contribution in [0.3, 0.4) is 0 Å².